The van der Waals surface area contributed by atoms with Gasteiger partial charge in [-0.15, -0.1) is 0 Å². The standard InChI is InChI=1S/C18H31NO4S/c1-6-7-14(23-5)12(2)16(20)19-15-10-13-8-9-18(15,11-24(21)22)17(13,3)4/h6-7,12-15H,8-11H2,1-5H3,(H,19,20)(H,21,22)/b7-6+/t12-,13?,14-,15?,18?/m1/s1. The van der Waals surface area contributed by atoms with Crippen LogP contribution in [0.3, 0.4) is 0 Å². The fraction of sp³-hybridized carbons (Fsp3) is 0.833. The lowest BCUT2D eigenvalue weighted by atomic mass is 9.69. The van der Waals surface area contributed by atoms with Gasteiger partial charge in [-0.25, -0.2) is 4.21 Å². The average molecular weight is 358 g/mol. The molecule has 2 fully saturated rings. The van der Waals surface area contributed by atoms with Crippen molar-refractivity contribution in [1.29, 1.82) is 0 Å². The Labute approximate surface area is 147 Å². The molecular weight excluding hydrogens is 326 g/mol. The van der Waals surface area contributed by atoms with Gasteiger partial charge in [0.05, 0.1) is 17.8 Å². The first kappa shape index (κ1) is 19.6. The normalized spacial score (nSPS) is 35.1. The van der Waals surface area contributed by atoms with E-state index in [0.29, 0.717) is 5.92 Å². The van der Waals surface area contributed by atoms with E-state index in [4.69, 9.17) is 4.74 Å². The molecule has 2 saturated carbocycles. The third-order valence-electron chi connectivity index (χ3n) is 6.69. The fourth-order valence-corrected chi connectivity index (χ4v) is 6.09. The largest absolute Gasteiger partial charge is 0.377 e. The fourth-order valence-electron chi connectivity index (χ4n) is 4.93. The first-order valence-corrected chi connectivity index (χ1v) is 10.0. The van der Waals surface area contributed by atoms with E-state index < -0.39 is 11.1 Å². The van der Waals surface area contributed by atoms with E-state index >= 15 is 0 Å². The Hall–Kier alpha value is -0.720. The molecular formula is C18H31NO4S. The van der Waals surface area contributed by atoms with E-state index in [0.717, 1.165) is 19.3 Å². The molecule has 4 unspecified atom stereocenters. The van der Waals surface area contributed by atoms with Crippen LogP contribution in [0.2, 0.25) is 0 Å². The van der Waals surface area contributed by atoms with Crippen molar-refractivity contribution in [2.24, 2.45) is 22.7 Å². The predicted molar refractivity (Wildman–Crippen MR) is 95.9 cm³/mol. The lowest BCUT2D eigenvalue weighted by molar-refractivity contribution is -0.129. The Balaban J connectivity index is 2.17. The molecule has 5 nitrogen and oxygen atoms in total. The zero-order valence-electron chi connectivity index (χ0n) is 15.4. The van der Waals surface area contributed by atoms with Crippen LogP contribution in [-0.4, -0.2) is 39.7 Å². The molecule has 0 aromatic heterocycles. The van der Waals surface area contributed by atoms with E-state index in [2.05, 4.69) is 19.2 Å². The van der Waals surface area contributed by atoms with Crippen molar-refractivity contribution < 1.29 is 18.3 Å². The summed E-state index contributed by atoms with van der Waals surface area (Å²) in [5, 5.41) is 3.19. The summed E-state index contributed by atoms with van der Waals surface area (Å²) in [6.45, 7) is 8.13. The number of ether oxygens (including phenoxy) is 1. The van der Waals surface area contributed by atoms with Gasteiger partial charge in [0.25, 0.3) is 0 Å². The first-order chi connectivity index (χ1) is 11.2. The highest BCUT2D eigenvalue weighted by Crippen LogP contribution is 2.65. The molecule has 0 radical (unpaired) electrons. The maximum Gasteiger partial charge on any atom is 0.226 e. The second-order valence-electron chi connectivity index (χ2n) is 7.89. The molecule has 0 heterocycles. The van der Waals surface area contributed by atoms with Crippen LogP contribution in [0, 0.1) is 22.7 Å². The molecule has 2 aliphatic carbocycles. The van der Waals surface area contributed by atoms with Crippen molar-refractivity contribution >= 4 is 17.0 Å². The maximum atomic E-state index is 12.7. The van der Waals surface area contributed by atoms with E-state index in [1.807, 2.05) is 26.0 Å². The van der Waals surface area contributed by atoms with Gasteiger partial charge in [0, 0.05) is 18.6 Å². The molecule has 0 aliphatic heterocycles. The number of amides is 1. The van der Waals surface area contributed by atoms with Crippen molar-refractivity contribution in [1.82, 2.24) is 5.32 Å². The van der Waals surface area contributed by atoms with Crippen molar-refractivity contribution in [3.63, 3.8) is 0 Å². The number of nitrogens with one attached hydrogen (secondary N) is 1. The number of methoxy groups -OCH3 is 1. The van der Waals surface area contributed by atoms with Gasteiger partial charge in [-0.2, -0.15) is 0 Å². The van der Waals surface area contributed by atoms with Gasteiger partial charge in [0.2, 0.25) is 5.91 Å². The van der Waals surface area contributed by atoms with E-state index in [1.54, 1.807) is 7.11 Å². The van der Waals surface area contributed by atoms with E-state index in [9.17, 15) is 13.6 Å². The molecule has 0 aromatic carbocycles. The number of hydrogen-bond donors (Lipinski definition) is 2. The van der Waals surface area contributed by atoms with Gasteiger partial charge in [0.15, 0.2) is 11.1 Å². The number of carbonyl (C=O) groups is 1. The highest BCUT2D eigenvalue weighted by molar-refractivity contribution is 7.79. The first-order valence-electron chi connectivity index (χ1n) is 8.73. The average Bonchev–Trinajstić information content (AvgIpc) is 2.85. The highest BCUT2D eigenvalue weighted by atomic mass is 32.2. The summed E-state index contributed by atoms with van der Waals surface area (Å²) in [4.78, 5) is 12.7. The smallest absolute Gasteiger partial charge is 0.226 e. The van der Waals surface area contributed by atoms with Gasteiger partial charge in [-0.1, -0.05) is 32.9 Å². The summed E-state index contributed by atoms with van der Waals surface area (Å²) in [6, 6.07) is -0.0413. The minimum Gasteiger partial charge on any atom is -0.377 e. The van der Waals surface area contributed by atoms with Crippen molar-refractivity contribution in [2.75, 3.05) is 12.9 Å². The minimum absolute atomic E-state index is 0.0312. The molecule has 6 atom stereocenters. The van der Waals surface area contributed by atoms with Gasteiger partial charge in [-0.05, 0) is 37.5 Å². The predicted octanol–water partition coefficient (Wildman–Crippen LogP) is 2.75. The molecule has 0 spiro atoms. The van der Waals surface area contributed by atoms with Crippen molar-refractivity contribution in [3.05, 3.63) is 12.2 Å². The Morgan fingerprint density at radius 3 is 2.67 bits per heavy atom. The van der Waals surface area contributed by atoms with Gasteiger partial charge >= 0.3 is 0 Å². The van der Waals surface area contributed by atoms with Crippen LogP contribution in [0.15, 0.2) is 12.2 Å². The molecule has 2 N–H and O–H groups in total. The molecule has 2 aliphatic rings. The molecule has 2 rings (SSSR count). The molecule has 2 bridgehead atoms. The van der Waals surface area contributed by atoms with Crippen LogP contribution < -0.4 is 5.32 Å². The number of carbonyl (C=O) groups excluding carboxylic acids is 1. The SMILES string of the molecule is C/C=C/[C@@H](OC)[C@@H](C)C(=O)NC1CC2CCC1(CS(=O)O)C2(C)C. The number of rotatable bonds is 7. The van der Waals surface area contributed by atoms with E-state index in [-0.39, 0.29) is 40.6 Å². The van der Waals surface area contributed by atoms with E-state index in [1.165, 1.54) is 0 Å². The van der Waals surface area contributed by atoms with Crippen LogP contribution in [0.25, 0.3) is 0 Å². The Morgan fingerprint density at radius 2 is 2.17 bits per heavy atom. The van der Waals surface area contributed by atoms with Gasteiger partial charge < -0.3 is 14.6 Å². The van der Waals surface area contributed by atoms with Crippen LogP contribution in [-0.2, 0) is 20.6 Å². The zero-order valence-corrected chi connectivity index (χ0v) is 16.2. The summed E-state index contributed by atoms with van der Waals surface area (Å²) in [5.41, 5.74) is -0.327. The number of allylic oxidation sites excluding steroid dienone is 1. The van der Waals surface area contributed by atoms with Crippen molar-refractivity contribution in [2.45, 2.75) is 59.1 Å². The van der Waals surface area contributed by atoms with Gasteiger partial charge in [-0.3, -0.25) is 4.79 Å². The van der Waals surface area contributed by atoms with Crippen LogP contribution in [0.4, 0.5) is 0 Å². The second kappa shape index (κ2) is 7.26. The zero-order chi connectivity index (χ0) is 18.1. The highest BCUT2D eigenvalue weighted by Gasteiger charge is 2.64. The maximum absolute atomic E-state index is 12.7. The third kappa shape index (κ3) is 3.20. The quantitative estimate of drug-likeness (QED) is 0.543. The van der Waals surface area contributed by atoms with Crippen LogP contribution in [0.5, 0.6) is 0 Å². The summed E-state index contributed by atoms with van der Waals surface area (Å²) in [7, 11) is 1.60. The topological polar surface area (TPSA) is 75.6 Å². The number of fused-ring (bicyclic) bond motifs is 2. The molecule has 0 aromatic rings. The minimum atomic E-state index is -1.86. The summed E-state index contributed by atoms with van der Waals surface area (Å²) >= 11 is -1.86. The Kier molecular flexibility index (Phi) is 5.93. The summed E-state index contributed by atoms with van der Waals surface area (Å²) < 4.78 is 26.5. The van der Waals surface area contributed by atoms with Gasteiger partial charge in [0.1, 0.15) is 0 Å². The Bertz CT molecular complexity index is 533. The monoisotopic (exact) mass is 357 g/mol. The Morgan fingerprint density at radius 1 is 1.50 bits per heavy atom. The van der Waals surface area contributed by atoms with Crippen LogP contribution >= 0.6 is 0 Å². The lowest BCUT2D eigenvalue weighted by Crippen LogP contribution is -2.53. The molecule has 24 heavy (non-hydrogen) atoms. The summed E-state index contributed by atoms with van der Waals surface area (Å²) in [6.07, 6.45) is 6.38. The van der Waals surface area contributed by atoms with Crippen LogP contribution in [0.1, 0.15) is 47.0 Å². The summed E-state index contributed by atoms with van der Waals surface area (Å²) in [5.74, 6) is 0.384. The molecule has 6 heteroatoms. The number of hydrogen-bond acceptors (Lipinski definition) is 3. The molecule has 0 saturated heterocycles. The third-order valence-corrected chi connectivity index (χ3v) is 7.45. The lowest BCUT2D eigenvalue weighted by Gasteiger charge is -2.42. The van der Waals surface area contributed by atoms with Crippen molar-refractivity contribution in [3.8, 4) is 0 Å². The molecule has 1 amide bonds. The second-order valence-corrected chi connectivity index (χ2v) is 8.82. The molecule has 138 valence electrons.